The standard InChI is InChI=1S/C20H20N2O5/c1-25-14-6-7-15-13(10-14)4-2-8-20(15,24)12-21-19(23)16-11-18(27-22-16)17-5-3-9-26-17/h3,5-7,9-11,24H,2,4,8,12H2,1H3,(H,21,23). The minimum atomic E-state index is -1.12. The van der Waals surface area contributed by atoms with Crippen molar-refractivity contribution in [3.8, 4) is 17.3 Å². The number of methoxy groups -OCH3 is 1. The number of furan rings is 1. The zero-order valence-electron chi connectivity index (χ0n) is 14.9. The van der Waals surface area contributed by atoms with E-state index in [1.165, 1.54) is 12.3 Å². The van der Waals surface area contributed by atoms with Crippen LogP contribution >= 0.6 is 0 Å². The van der Waals surface area contributed by atoms with Gasteiger partial charge in [-0.1, -0.05) is 11.2 Å². The largest absolute Gasteiger partial charge is 0.497 e. The van der Waals surface area contributed by atoms with E-state index in [-0.39, 0.29) is 12.2 Å². The van der Waals surface area contributed by atoms with Crippen LogP contribution in [-0.2, 0) is 12.0 Å². The second-order valence-corrected chi connectivity index (χ2v) is 6.64. The molecule has 0 spiro atoms. The average molecular weight is 368 g/mol. The minimum absolute atomic E-state index is 0.0914. The summed E-state index contributed by atoms with van der Waals surface area (Å²) in [5.74, 6) is 1.22. The predicted octanol–water partition coefficient (Wildman–Crippen LogP) is 2.90. The molecule has 3 aromatic rings. The molecule has 7 heteroatoms. The summed E-state index contributed by atoms with van der Waals surface area (Å²) in [4.78, 5) is 12.4. The highest BCUT2D eigenvalue weighted by molar-refractivity contribution is 5.93. The first kappa shape index (κ1) is 17.4. The van der Waals surface area contributed by atoms with Crippen LogP contribution in [0, 0.1) is 0 Å². The Bertz CT molecular complexity index is 947. The van der Waals surface area contributed by atoms with E-state index in [0.29, 0.717) is 17.9 Å². The highest BCUT2D eigenvalue weighted by Gasteiger charge is 2.35. The first-order valence-electron chi connectivity index (χ1n) is 8.78. The molecule has 2 N–H and O–H groups in total. The Morgan fingerprint density at radius 1 is 1.33 bits per heavy atom. The van der Waals surface area contributed by atoms with Crippen LogP contribution < -0.4 is 10.1 Å². The lowest BCUT2D eigenvalue weighted by Crippen LogP contribution is -2.43. The monoisotopic (exact) mass is 368 g/mol. The summed E-state index contributed by atoms with van der Waals surface area (Å²) < 4.78 is 15.6. The van der Waals surface area contributed by atoms with Gasteiger partial charge in [0.05, 0.1) is 19.9 Å². The maximum absolute atomic E-state index is 12.4. The number of benzene rings is 1. The highest BCUT2D eigenvalue weighted by Crippen LogP contribution is 2.36. The van der Waals surface area contributed by atoms with Gasteiger partial charge in [0.2, 0.25) is 5.76 Å². The van der Waals surface area contributed by atoms with E-state index in [1.54, 1.807) is 19.2 Å². The SMILES string of the molecule is COc1ccc2c(c1)CCCC2(O)CNC(=O)c1cc(-c2ccco2)on1. The normalized spacial score (nSPS) is 18.7. The van der Waals surface area contributed by atoms with Gasteiger partial charge in [-0.25, -0.2) is 0 Å². The van der Waals surface area contributed by atoms with E-state index in [2.05, 4.69) is 10.5 Å². The van der Waals surface area contributed by atoms with Gasteiger partial charge in [-0.3, -0.25) is 4.79 Å². The summed E-state index contributed by atoms with van der Waals surface area (Å²) in [6.45, 7) is 0.0914. The number of aliphatic hydroxyl groups is 1. The molecule has 0 saturated heterocycles. The maximum atomic E-state index is 12.4. The van der Waals surface area contributed by atoms with Crippen LogP contribution in [0.3, 0.4) is 0 Å². The molecule has 27 heavy (non-hydrogen) atoms. The molecular weight excluding hydrogens is 348 g/mol. The fraction of sp³-hybridized carbons (Fsp3) is 0.300. The first-order valence-corrected chi connectivity index (χ1v) is 8.78. The number of aryl methyl sites for hydroxylation is 1. The summed E-state index contributed by atoms with van der Waals surface area (Å²) in [5.41, 5.74) is 0.879. The molecule has 7 nitrogen and oxygen atoms in total. The molecule has 1 unspecified atom stereocenters. The third-order valence-corrected chi connectivity index (χ3v) is 4.90. The fourth-order valence-electron chi connectivity index (χ4n) is 3.48. The van der Waals surface area contributed by atoms with Crippen molar-refractivity contribution in [3.05, 3.63) is 59.5 Å². The van der Waals surface area contributed by atoms with E-state index in [4.69, 9.17) is 13.7 Å². The van der Waals surface area contributed by atoms with Crippen molar-refractivity contribution in [1.82, 2.24) is 10.5 Å². The minimum Gasteiger partial charge on any atom is -0.497 e. The van der Waals surface area contributed by atoms with E-state index >= 15 is 0 Å². The lowest BCUT2D eigenvalue weighted by atomic mass is 9.79. The summed E-state index contributed by atoms with van der Waals surface area (Å²) in [6, 6.07) is 10.6. The first-order chi connectivity index (χ1) is 13.1. The summed E-state index contributed by atoms with van der Waals surface area (Å²) >= 11 is 0. The number of fused-ring (bicyclic) bond motifs is 1. The number of carbonyl (C=O) groups excluding carboxylic acids is 1. The quantitative estimate of drug-likeness (QED) is 0.719. The third-order valence-electron chi connectivity index (χ3n) is 4.90. The van der Waals surface area contributed by atoms with Crippen molar-refractivity contribution in [3.63, 3.8) is 0 Å². The van der Waals surface area contributed by atoms with E-state index in [0.717, 1.165) is 29.7 Å². The van der Waals surface area contributed by atoms with Gasteiger partial charge in [0.1, 0.15) is 11.4 Å². The van der Waals surface area contributed by atoms with Crippen LogP contribution in [0.5, 0.6) is 5.75 Å². The van der Waals surface area contributed by atoms with Crippen LogP contribution in [0.1, 0.15) is 34.5 Å². The number of rotatable bonds is 5. The number of hydrogen-bond acceptors (Lipinski definition) is 6. The van der Waals surface area contributed by atoms with Crippen molar-refractivity contribution in [1.29, 1.82) is 0 Å². The van der Waals surface area contributed by atoms with Crippen molar-refractivity contribution in [2.45, 2.75) is 24.9 Å². The molecule has 2 aromatic heterocycles. The van der Waals surface area contributed by atoms with Crippen LogP contribution in [0.15, 0.2) is 51.6 Å². The van der Waals surface area contributed by atoms with Crippen LogP contribution in [0.4, 0.5) is 0 Å². The number of carbonyl (C=O) groups is 1. The van der Waals surface area contributed by atoms with Crippen molar-refractivity contribution < 1.29 is 23.6 Å². The van der Waals surface area contributed by atoms with Crippen molar-refractivity contribution in [2.24, 2.45) is 0 Å². The van der Waals surface area contributed by atoms with E-state index < -0.39 is 11.5 Å². The molecule has 0 fully saturated rings. The second kappa shape index (κ2) is 6.92. The molecule has 1 amide bonds. The van der Waals surface area contributed by atoms with E-state index in [1.807, 2.05) is 18.2 Å². The Morgan fingerprint density at radius 2 is 2.22 bits per heavy atom. The van der Waals surface area contributed by atoms with Gasteiger partial charge >= 0.3 is 0 Å². The summed E-state index contributed by atoms with van der Waals surface area (Å²) in [6.07, 6.45) is 3.80. The maximum Gasteiger partial charge on any atom is 0.273 e. The van der Waals surface area contributed by atoms with Gasteiger partial charge in [-0.2, -0.15) is 0 Å². The molecule has 2 heterocycles. The number of hydrogen-bond donors (Lipinski definition) is 2. The van der Waals surface area contributed by atoms with Crippen LogP contribution in [0.25, 0.3) is 11.5 Å². The molecular formula is C20H20N2O5. The van der Waals surface area contributed by atoms with Crippen LogP contribution in [-0.4, -0.2) is 29.8 Å². The molecule has 0 aliphatic heterocycles. The van der Waals surface area contributed by atoms with Gasteiger partial charge in [0.15, 0.2) is 11.5 Å². The zero-order valence-corrected chi connectivity index (χ0v) is 14.9. The zero-order chi connectivity index (χ0) is 18.9. The van der Waals surface area contributed by atoms with Crippen molar-refractivity contribution in [2.75, 3.05) is 13.7 Å². The smallest absolute Gasteiger partial charge is 0.273 e. The van der Waals surface area contributed by atoms with Crippen LogP contribution in [0.2, 0.25) is 0 Å². The molecule has 0 bridgehead atoms. The lowest BCUT2D eigenvalue weighted by molar-refractivity contribution is 0.0188. The lowest BCUT2D eigenvalue weighted by Gasteiger charge is -2.34. The third kappa shape index (κ3) is 3.33. The molecule has 4 rings (SSSR count). The van der Waals surface area contributed by atoms with Gasteiger partial charge in [-0.05, 0) is 54.7 Å². The number of nitrogens with one attached hydrogen (secondary N) is 1. The molecule has 1 aromatic carbocycles. The summed E-state index contributed by atoms with van der Waals surface area (Å²) in [7, 11) is 1.62. The molecule has 0 saturated carbocycles. The average Bonchev–Trinajstić information content (AvgIpc) is 3.37. The number of ether oxygens (including phenoxy) is 1. The number of nitrogens with zero attached hydrogens (tertiary/aromatic N) is 1. The van der Waals surface area contributed by atoms with Gasteiger partial charge in [-0.15, -0.1) is 0 Å². The molecule has 1 atom stereocenters. The molecule has 1 aliphatic rings. The summed E-state index contributed by atoms with van der Waals surface area (Å²) in [5, 5.41) is 17.7. The molecule has 0 radical (unpaired) electrons. The fourth-order valence-corrected chi connectivity index (χ4v) is 3.48. The van der Waals surface area contributed by atoms with Gasteiger partial charge < -0.3 is 24.1 Å². The molecule has 140 valence electrons. The number of aromatic nitrogens is 1. The topological polar surface area (TPSA) is 97.7 Å². The van der Waals surface area contributed by atoms with Gasteiger partial charge in [0.25, 0.3) is 5.91 Å². The molecule has 1 aliphatic carbocycles. The predicted molar refractivity (Wildman–Crippen MR) is 96.4 cm³/mol. The second-order valence-electron chi connectivity index (χ2n) is 6.64. The van der Waals surface area contributed by atoms with Crippen molar-refractivity contribution >= 4 is 5.91 Å². The Labute approximate surface area is 155 Å². The Kier molecular flexibility index (Phi) is 4.45. The highest BCUT2D eigenvalue weighted by atomic mass is 16.5. The Balaban J connectivity index is 1.48. The Morgan fingerprint density at radius 3 is 3.00 bits per heavy atom. The van der Waals surface area contributed by atoms with Gasteiger partial charge in [0, 0.05) is 6.07 Å². The van der Waals surface area contributed by atoms with E-state index in [9.17, 15) is 9.90 Å². The number of amides is 1. The Hall–Kier alpha value is -3.06.